The van der Waals surface area contributed by atoms with E-state index in [4.69, 9.17) is 0 Å². The Labute approximate surface area is 177 Å². The van der Waals surface area contributed by atoms with Crippen molar-refractivity contribution < 1.29 is 4.39 Å². The molecule has 0 aliphatic carbocycles. The number of allylic oxidation sites excluding steroid dienone is 1. The Hall–Kier alpha value is -4.07. The zero-order valence-electron chi connectivity index (χ0n) is 16.9. The van der Waals surface area contributed by atoms with E-state index in [1.807, 2.05) is 25.3 Å². The van der Waals surface area contributed by atoms with Crippen LogP contribution in [0.4, 0.5) is 10.2 Å². The second-order valence-electron chi connectivity index (χ2n) is 7.35. The van der Waals surface area contributed by atoms with Crippen molar-refractivity contribution in [1.29, 1.82) is 0 Å². The van der Waals surface area contributed by atoms with Crippen LogP contribution in [0.2, 0.25) is 0 Å². The first kappa shape index (κ1) is 18.9. The van der Waals surface area contributed by atoms with Crippen LogP contribution in [0.15, 0.2) is 61.8 Å². The summed E-state index contributed by atoms with van der Waals surface area (Å²) in [5.74, 6) is 0.518. The van der Waals surface area contributed by atoms with E-state index in [0.717, 1.165) is 23.8 Å². The lowest BCUT2D eigenvalue weighted by Gasteiger charge is -2.10. The molecule has 31 heavy (non-hydrogen) atoms. The van der Waals surface area contributed by atoms with Crippen molar-refractivity contribution in [2.45, 2.75) is 13.3 Å². The fraction of sp³-hybridized carbons (Fsp3) is 0.130. The molecular formula is C23H20FN7. The molecule has 0 atom stereocenters. The standard InChI is InChI=1S/C23H20FN7/c1-14(2)31-13-28-20-22(26-8-7-15-11-27-19-6-4-3-5-18(15)19)29-21(30-23(20)31)16-9-17(24)12-25-10-16/h3-6,9-13,27H,1,7-8H2,2H3,(H,26,29,30). The zero-order valence-corrected chi connectivity index (χ0v) is 16.9. The number of hydrogen-bond acceptors (Lipinski definition) is 5. The van der Waals surface area contributed by atoms with Crippen LogP contribution in [-0.2, 0) is 6.42 Å². The lowest BCUT2D eigenvalue weighted by atomic mass is 10.1. The van der Waals surface area contributed by atoms with Gasteiger partial charge >= 0.3 is 0 Å². The van der Waals surface area contributed by atoms with Gasteiger partial charge in [0.1, 0.15) is 12.1 Å². The Bertz CT molecular complexity index is 1420. The summed E-state index contributed by atoms with van der Waals surface area (Å²) in [6, 6.07) is 9.58. The molecule has 8 heteroatoms. The van der Waals surface area contributed by atoms with Gasteiger partial charge in [0.05, 0.1) is 6.20 Å². The van der Waals surface area contributed by atoms with Gasteiger partial charge in [-0.15, -0.1) is 0 Å². The van der Waals surface area contributed by atoms with Gasteiger partial charge in [0, 0.05) is 41.1 Å². The van der Waals surface area contributed by atoms with Crippen molar-refractivity contribution in [2.75, 3.05) is 11.9 Å². The number of para-hydroxylation sites is 1. The van der Waals surface area contributed by atoms with Crippen LogP contribution >= 0.6 is 0 Å². The maximum atomic E-state index is 13.7. The second kappa shape index (κ2) is 7.64. The summed E-state index contributed by atoms with van der Waals surface area (Å²) in [7, 11) is 0. The summed E-state index contributed by atoms with van der Waals surface area (Å²) in [5, 5.41) is 4.59. The number of nitrogens with zero attached hydrogens (tertiary/aromatic N) is 5. The number of anilines is 1. The highest BCUT2D eigenvalue weighted by molar-refractivity contribution is 5.87. The fourth-order valence-electron chi connectivity index (χ4n) is 3.62. The summed E-state index contributed by atoms with van der Waals surface area (Å²) in [6.45, 7) is 6.50. The molecule has 0 unspecified atom stereocenters. The molecule has 5 rings (SSSR count). The minimum Gasteiger partial charge on any atom is -0.368 e. The summed E-state index contributed by atoms with van der Waals surface area (Å²) in [6.07, 6.45) is 7.19. The first-order valence-corrected chi connectivity index (χ1v) is 9.91. The molecule has 1 aromatic carbocycles. The van der Waals surface area contributed by atoms with E-state index >= 15 is 0 Å². The smallest absolute Gasteiger partial charge is 0.170 e. The van der Waals surface area contributed by atoms with E-state index < -0.39 is 5.82 Å². The monoisotopic (exact) mass is 413 g/mol. The molecule has 0 saturated carbocycles. The van der Waals surface area contributed by atoms with Gasteiger partial charge in [-0.3, -0.25) is 9.55 Å². The summed E-state index contributed by atoms with van der Waals surface area (Å²) < 4.78 is 15.5. The normalized spacial score (nSPS) is 11.3. The molecule has 0 saturated heterocycles. The van der Waals surface area contributed by atoms with Crippen molar-refractivity contribution >= 4 is 33.6 Å². The molecular weight excluding hydrogens is 393 g/mol. The molecule has 5 aromatic rings. The van der Waals surface area contributed by atoms with E-state index in [1.165, 1.54) is 17.0 Å². The second-order valence-corrected chi connectivity index (χ2v) is 7.35. The van der Waals surface area contributed by atoms with E-state index in [0.29, 0.717) is 34.9 Å². The SMILES string of the molecule is C=C(C)n1cnc2c(NCCc3c[nH]c4ccccc34)nc(-c3cncc(F)c3)nc21. The van der Waals surface area contributed by atoms with Gasteiger partial charge < -0.3 is 10.3 Å². The van der Waals surface area contributed by atoms with Crippen molar-refractivity contribution in [1.82, 2.24) is 29.5 Å². The number of nitrogens with one attached hydrogen (secondary N) is 2. The van der Waals surface area contributed by atoms with Gasteiger partial charge in [0.15, 0.2) is 22.8 Å². The molecule has 0 bridgehead atoms. The summed E-state index contributed by atoms with van der Waals surface area (Å²) in [4.78, 5) is 20.9. The summed E-state index contributed by atoms with van der Waals surface area (Å²) >= 11 is 0. The third-order valence-electron chi connectivity index (χ3n) is 5.13. The highest BCUT2D eigenvalue weighted by atomic mass is 19.1. The number of halogens is 1. The Morgan fingerprint density at radius 2 is 2.10 bits per heavy atom. The molecule has 4 aromatic heterocycles. The quantitative estimate of drug-likeness (QED) is 0.423. The molecule has 0 amide bonds. The maximum Gasteiger partial charge on any atom is 0.170 e. The Kier molecular flexibility index (Phi) is 4.66. The van der Waals surface area contributed by atoms with Gasteiger partial charge in [-0.1, -0.05) is 24.8 Å². The molecule has 0 radical (unpaired) electrons. The Morgan fingerprint density at radius 1 is 1.23 bits per heavy atom. The topological polar surface area (TPSA) is 84.3 Å². The molecule has 154 valence electrons. The van der Waals surface area contributed by atoms with E-state index in [1.54, 1.807) is 17.1 Å². The van der Waals surface area contributed by atoms with Crippen LogP contribution in [0.3, 0.4) is 0 Å². The highest BCUT2D eigenvalue weighted by Crippen LogP contribution is 2.26. The number of H-pyrrole nitrogens is 1. The highest BCUT2D eigenvalue weighted by Gasteiger charge is 2.15. The van der Waals surface area contributed by atoms with Crippen molar-refractivity contribution in [3.63, 3.8) is 0 Å². The lowest BCUT2D eigenvalue weighted by molar-refractivity contribution is 0.622. The third-order valence-corrected chi connectivity index (χ3v) is 5.13. The molecule has 2 N–H and O–H groups in total. The average Bonchev–Trinajstić information content (AvgIpc) is 3.38. The van der Waals surface area contributed by atoms with Crippen LogP contribution in [0, 0.1) is 5.82 Å². The number of benzene rings is 1. The van der Waals surface area contributed by atoms with Gasteiger partial charge in [0.25, 0.3) is 0 Å². The number of hydrogen-bond donors (Lipinski definition) is 2. The van der Waals surface area contributed by atoms with Crippen LogP contribution in [0.25, 0.3) is 39.2 Å². The number of pyridine rings is 1. The molecule has 7 nitrogen and oxygen atoms in total. The predicted molar refractivity (Wildman–Crippen MR) is 120 cm³/mol. The van der Waals surface area contributed by atoms with Crippen molar-refractivity contribution in [3.8, 4) is 11.4 Å². The van der Waals surface area contributed by atoms with Crippen molar-refractivity contribution in [2.24, 2.45) is 0 Å². The van der Waals surface area contributed by atoms with Crippen molar-refractivity contribution in [3.05, 3.63) is 73.2 Å². The third kappa shape index (κ3) is 3.52. The number of fused-ring (bicyclic) bond motifs is 2. The maximum absolute atomic E-state index is 13.7. The van der Waals surface area contributed by atoms with Crippen LogP contribution in [0.5, 0.6) is 0 Å². The average molecular weight is 413 g/mol. The number of rotatable bonds is 6. The van der Waals surface area contributed by atoms with E-state index in [9.17, 15) is 4.39 Å². The summed E-state index contributed by atoms with van der Waals surface area (Å²) in [5.41, 5.74) is 4.84. The minimum atomic E-state index is -0.441. The first-order chi connectivity index (χ1) is 15.1. The van der Waals surface area contributed by atoms with Crippen LogP contribution in [-0.4, -0.2) is 36.0 Å². The zero-order chi connectivity index (χ0) is 21.4. The Morgan fingerprint density at radius 3 is 2.94 bits per heavy atom. The van der Waals surface area contributed by atoms with Gasteiger partial charge in [0.2, 0.25) is 0 Å². The molecule has 0 aliphatic heterocycles. The lowest BCUT2D eigenvalue weighted by Crippen LogP contribution is -2.08. The largest absolute Gasteiger partial charge is 0.368 e. The van der Waals surface area contributed by atoms with E-state index in [2.05, 4.69) is 48.9 Å². The molecule has 0 spiro atoms. The molecule has 0 fully saturated rings. The Balaban J connectivity index is 1.50. The molecule has 4 heterocycles. The molecule has 0 aliphatic rings. The van der Waals surface area contributed by atoms with E-state index in [-0.39, 0.29) is 0 Å². The number of imidazole rings is 1. The van der Waals surface area contributed by atoms with Crippen LogP contribution < -0.4 is 5.32 Å². The van der Waals surface area contributed by atoms with Crippen LogP contribution in [0.1, 0.15) is 12.5 Å². The number of aromatic amines is 1. The van der Waals surface area contributed by atoms with Gasteiger partial charge in [-0.25, -0.2) is 19.3 Å². The minimum absolute atomic E-state index is 0.372. The fourth-order valence-corrected chi connectivity index (χ4v) is 3.62. The predicted octanol–water partition coefficient (Wildman–Crippen LogP) is 4.65. The van der Waals surface area contributed by atoms with Gasteiger partial charge in [-0.05, 0) is 31.0 Å². The first-order valence-electron chi connectivity index (χ1n) is 9.91. The van der Waals surface area contributed by atoms with Gasteiger partial charge in [-0.2, -0.15) is 0 Å². The number of aromatic nitrogens is 6.